The van der Waals surface area contributed by atoms with E-state index in [2.05, 4.69) is 43.5 Å². The number of aliphatic hydroxyl groups excluding tert-OH is 2. The summed E-state index contributed by atoms with van der Waals surface area (Å²) < 4.78 is 5.50. The molecule has 0 saturated heterocycles. The molecule has 0 aliphatic heterocycles. The molecule has 0 aliphatic rings. The molecule has 74 heavy (non-hydrogen) atoms. The molecule has 1 amide bonds. The number of carbonyl (C=O) groups is 2. The number of hydrogen-bond acceptors (Lipinski definition) is 5. The van der Waals surface area contributed by atoms with E-state index in [-0.39, 0.29) is 18.5 Å². The molecule has 0 aromatic heterocycles. The molecular formula is C68H131NO5. The number of carbonyl (C=O) groups excluding carboxylic acids is 2. The lowest BCUT2D eigenvalue weighted by molar-refractivity contribution is -0.143. The van der Waals surface area contributed by atoms with Gasteiger partial charge < -0.3 is 20.3 Å². The Labute approximate surface area is 462 Å². The zero-order valence-electron chi connectivity index (χ0n) is 50.1. The van der Waals surface area contributed by atoms with E-state index in [9.17, 15) is 19.8 Å². The van der Waals surface area contributed by atoms with Gasteiger partial charge in [0.05, 0.1) is 25.4 Å². The van der Waals surface area contributed by atoms with Gasteiger partial charge in [0, 0.05) is 12.8 Å². The van der Waals surface area contributed by atoms with Crippen LogP contribution in [0.25, 0.3) is 0 Å². The highest BCUT2D eigenvalue weighted by Gasteiger charge is 2.20. The first-order valence-corrected chi connectivity index (χ1v) is 33.6. The fraction of sp³-hybridized carbons (Fsp3) is 0.912. The predicted octanol–water partition coefficient (Wildman–Crippen LogP) is 21.4. The van der Waals surface area contributed by atoms with Crippen molar-refractivity contribution in [2.75, 3.05) is 13.2 Å². The van der Waals surface area contributed by atoms with E-state index in [1.54, 1.807) is 0 Å². The standard InChI is InChI=1S/C68H131NO5/c1-3-5-7-9-11-13-15-17-19-20-30-34-38-42-46-50-54-58-62-68(73)74-63-59-55-51-47-43-39-35-31-28-26-24-22-21-23-25-27-29-33-37-41-45-49-53-57-61-67(72)69-65(64-70)66(71)60-56-52-48-44-40-36-32-18-16-14-12-10-8-6-4-2/h19-20,23,25,65-66,70-71H,3-18,21-22,24,26-64H2,1-2H3,(H,69,72)/b20-19-,25-23-. The van der Waals surface area contributed by atoms with Crippen LogP contribution in [-0.2, 0) is 14.3 Å². The number of rotatable bonds is 63. The summed E-state index contributed by atoms with van der Waals surface area (Å²) in [5.74, 6) is -0.0269. The van der Waals surface area contributed by atoms with Crippen LogP contribution in [0.1, 0.15) is 373 Å². The van der Waals surface area contributed by atoms with Crippen LogP contribution in [0.5, 0.6) is 0 Å². The summed E-state index contributed by atoms with van der Waals surface area (Å²) in [6.07, 6.45) is 79.2. The summed E-state index contributed by atoms with van der Waals surface area (Å²) in [7, 11) is 0. The quantitative estimate of drug-likeness (QED) is 0.0320. The number of esters is 1. The van der Waals surface area contributed by atoms with Crippen molar-refractivity contribution >= 4 is 11.9 Å². The molecule has 6 heteroatoms. The van der Waals surface area contributed by atoms with Gasteiger partial charge in [-0.3, -0.25) is 9.59 Å². The zero-order valence-corrected chi connectivity index (χ0v) is 50.1. The fourth-order valence-corrected chi connectivity index (χ4v) is 10.6. The van der Waals surface area contributed by atoms with Gasteiger partial charge >= 0.3 is 5.97 Å². The number of unbranched alkanes of at least 4 members (excludes halogenated alkanes) is 48. The van der Waals surface area contributed by atoms with E-state index in [0.29, 0.717) is 25.9 Å². The van der Waals surface area contributed by atoms with Gasteiger partial charge in [0.15, 0.2) is 0 Å². The van der Waals surface area contributed by atoms with Crippen molar-refractivity contribution in [2.24, 2.45) is 0 Å². The monoisotopic (exact) mass is 1040 g/mol. The minimum absolute atomic E-state index is 0.0103. The summed E-state index contributed by atoms with van der Waals surface area (Å²) in [4.78, 5) is 24.6. The van der Waals surface area contributed by atoms with Crippen LogP contribution in [0.15, 0.2) is 24.3 Å². The van der Waals surface area contributed by atoms with E-state index in [1.807, 2.05) is 0 Å². The van der Waals surface area contributed by atoms with E-state index in [1.165, 1.54) is 295 Å². The maximum absolute atomic E-state index is 12.5. The lowest BCUT2D eigenvalue weighted by Crippen LogP contribution is -2.45. The van der Waals surface area contributed by atoms with E-state index in [4.69, 9.17) is 4.74 Å². The maximum atomic E-state index is 12.5. The van der Waals surface area contributed by atoms with Crippen LogP contribution in [0.2, 0.25) is 0 Å². The minimum Gasteiger partial charge on any atom is -0.466 e. The Kier molecular flexibility index (Phi) is 62.4. The smallest absolute Gasteiger partial charge is 0.305 e. The van der Waals surface area contributed by atoms with Crippen molar-refractivity contribution in [1.82, 2.24) is 5.32 Å². The molecule has 2 atom stereocenters. The second-order valence-corrected chi connectivity index (χ2v) is 23.1. The summed E-state index contributed by atoms with van der Waals surface area (Å²) in [5.41, 5.74) is 0. The summed E-state index contributed by atoms with van der Waals surface area (Å²) in [6.45, 7) is 4.97. The molecule has 0 rings (SSSR count). The van der Waals surface area contributed by atoms with Gasteiger partial charge in [-0.05, 0) is 77.0 Å². The molecule has 0 radical (unpaired) electrons. The SMILES string of the molecule is CCCCCCCCC/C=C\CCCCCCCCCC(=O)OCCCCCCCCCCCCCC/C=C\CCCCCCCCCCC(=O)NC(CO)C(O)CCCCCCCCCCCCCCCCC. The first-order chi connectivity index (χ1) is 36.5. The van der Waals surface area contributed by atoms with E-state index >= 15 is 0 Å². The van der Waals surface area contributed by atoms with Gasteiger partial charge in [-0.1, -0.05) is 308 Å². The number of nitrogens with one attached hydrogen (secondary N) is 1. The number of aliphatic hydroxyl groups is 2. The molecule has 6 nitrogen and oxygen atoms in total. The van der Waals surface area contributed by atoms with Gasteiger partial charge in [-0.15, -0.1) is 0 Å². The molecule has 438 valence electrons. The number of ether oxygens (including phenoxy) is 1. The van der Waals surface area contributed by atoms with E-state index in [0.717, 1.165) is 44.9 Å². The lowest BCUT2D eigenvalue weighted by atomic mass is 10.0. The molecule has 0 bridgehead atoms. The van der Waals surface area contributed by atoms with Crippen LogP contribution in [0.4, 0.5) is 0 Å². The van der Waals surface area contributed by atoms with Gasteiger partial charge in [-0.2, -0.15) is 0 Å². The van der Waals surface area contributed by atoms with Crippen molar-refractivity contribution in [2.45, 2.75) is 386 Å². The zero-order chi connectivity index (χ0) is 53.6. The highest BCUT2D eigenvalue weighted by atomic mass is 16.5. The molecule has 0 aromatic rings. The Morgan fingerprint density at radius 2 is 0.635 bits per heavy atom. The molecule has 3 N–H and O–H groups in total. The van der Waals surface area contributed by atoms with Crippen molar-refractivity contribution in [3.8, 4) is 0 Å². The first-order valence-electron chi connectivity index (χ1n) is 33.6. The third kappa shape index (κ3) is 59.6. The van der Waals surface area contributed by atoms with Crippen molar-refractivity contribution < 1.29 is 24.5 Å². The van der Waals surface area contributed by atoms with Gasteiger partial charge in [0.1, 0.15) is 0 Å². The normalized spacial score (nSPS) is 12.6. The Balaban J connectivity index is 3.38. The second kappa shape index (κ2) is 63.9. The van der Waals surface area contributed by atoms with Crippen LogP contribution >= 0.6 is 0 Å². The topological polar surface area (TPSA) is 95.9 Å². The Morgan fingerprint density at radius 3 is 0.959 bits per heavy atom. The Bertz CT molecular complexity index is 1150. The summed E-state index contributed by atoms with van der Waals surface area (Å²) in [5, 5.41) is 23.3. The summed E-state index contributed by atoms with van der Waals surface area (Å²) in [6, 6.07) is -0.544. The fourth-order valence-electron chi connectivity index (χ4n) is 10.6. The molecular weight excluding hydrogens is 911 g/mol. The van der Waals surface area contributed by atoms with Gasteiger partial charge in [0.25, 0.3) is 0 Å². The molecule has 0 heterocycles. The average Bonchev–Trinajstić information content (AvgIpc) is 3.40. The number of hydrogen-bond donors (Lipinski definition) is 3. The van der Waals surface area contributed by atoms with Crippen molar-refractivity contribution in [3.05, 3.63) is 24.3 Å². The molecule has 2 unspecified atom stereocenters. The maximum Gasteiger partial charge on any atom is 0.305 e. The number of amides is 1. The second-order valence-electron chi connectivity index (χ2n) is 23.1. The summed E-state index contributed by atoms with van der Waals surface area (Å²) >= 11 is 0. The van der Waals surface area contributed by atoms with Crippen LogP contribution in [-0.4, -0.2) is 47.4 Å². The first kappa shape index (κ1) is 72.3. The third-order valence-electron chi connectivity index (χ3n) is 15.7. The van der Waals surface area contributed by atoms with Crippen LogP contribution in [0, 0.1) is 0 Å². The third-order valence-corrected chi connectivity index (χ3v) is 15.7. The number of allylic oxidation sites excluding steroid dienone is 4. The predicted molar refractivity (Wildman–Crippen MR) is 324 cm³/mol. The van der Waals surface area contributed by atoms with Gasteiger partial charge in [-0.25, -0.2) is 0 Å². The van der Waals surface area contributed by atoms with Crippen molar-refractivity contribution in [3.63, 3.8) is 0 Å². The van der Waals surface area contributed by atoms with Crippen LogP contribution < -0.4 is 5.32 Å². The molecule has 0 spiro atoms. The Hall–Kier alpha value is -1.66. The largest absolute Gasteiger partial charge is 0.466 e. The van der Waals surface area contributed by atoms with Crippen LogP contribution in [0.3, 0.4) is 0 Å². The van der Waals surface area contributed by atoms with Crippen molar-refractivity contribution in [1.29, 1.82) is 0 Å². The molecule has 0 saturated carbocycles. The lowest BCUT2D eigenvalue weighted by Gasteiger charge is -2.22. The molecule has 0 aliphatic carbocycles. The molecule has 0 aromatic carbocycles. The Morgan fingerprint density at radius 1 is 0.365 bits per heavy atom. The molecule has 0 fully saturated rings. The van der Waals surface area contributed by atoms with E-state index < -0.39 is 12.1 Å². The highest BCUT2D eigenvalue weighted by molar-refractivity contribution is 5.76. The minimum atomic E-state index is -0.667. The van der Waals surface area contributed by atoms with Gasteiger partial charge in [0.2, 0.25) is 5.91 Å². The average molecular weight is 1040 g/mol. The highest BCUT2D eigenvalue weighted by Crippen LogP contribution is 2.18.